The molecule has 0 amide bonds. The second-order valence-electron chi connectivity index (χ2n) is 3.17. The van der Waals surface area contributed by atoms with E-state index in [1.165, 1.54) is 12.1 Å². The molecule has 0 aliphatic heterocycles. The zero-order chi connectivity index (χ0) is 11.1. The minimum absolute atomic E-state index is 0.110. The van der Waals surface area contributed by atoms with Gasteiger partial charge in [-0.05, 0) is 30.5 Å². The monoisotopic (exact) mass is 210 g/mol. The first-order valence-electron chi connectivity index (χ1n) is 4.76. The van der Waals surface area contributed by atoms with Crippen molar-refractivity contribution in [2.45, 2.75) is 12.8 Å². The van der Waals surface area contributed by atoms with E-state index in [9.17, 15) is 9.90 Å². The van der Waals surface area contributed by atoms with Gasteiger partial charge in [0.25, 0.3) is 0 Å². The Morgan fingerprint density at radius 3 is 2.73 bits per heavy atom. The van der Waals surface area contributed by atoms with Crippen LogP contribution >= 0.6 is 0 Å². The molecule has 0 atom stereocenters. The van der Waals surface area contributed by atoms with Crippen molar-refractivity contribution in [3.8, 4) is 11.5 Å². The maximum Gasteiger partial charge on any atom is 0.157 e. The third-order valence-electron chi connectivity index (χ3n) is 1.98. The Kier molecular flexibility index (Phi) is 4.63. The minimum Gasteiger partial charge on any atom is -0.504 e. The molecular formula is C11H14O4. The molecule has 4 nitrogen and oxygen atoms in total. The summed E-state index contributed by atoms with van der Waals surface area (Å²) >= 11 is 0. The van der Waals surface area contributed by atoms with E-state index in [2.05, 4.69) is 0 Å². The molecular weight excluding hydrogens is 196 g/mol. The maximum atomic E-state index is 9.93. The quantitative estimate of drug-likeness (QED) is 0.421. The second-order valence-corrected chi connectivity index (χ2v) is 3.17. The van der Waals surface area contributed by atoms with Gasteiger partial charge in [-0.2, -0.15) is 0 Å². The summed E-state index contributed by atoms with van der Waals surface area (Å²) in [6, 6.07) is 4.72. The van der Waals surface area contributed by atoms with Gasteiger partial charge in [-0.3, -0.25) is 0 Å². The lowest BCUT2D eigenvalue weighted by Crippen LogP contribution is -1.99. The van der Waals surface area contributed by atoms with E-state index >= 15 is 0 Å². The van der Waals surface area contributed by atoms with E-state index < -0.39 is 0 Å². The van der Waals surface area contributed by atoms with Gasteiger partial charge in [-0.25, -0.2) is 0 Å². The molecule has 0 aliphatic rings. The molecule has 1 aromatic carbocycles. The molecule has 0 bridgehead atoms. The van der Waals surface area contributed by atoms with Crippen molar-refractivity contribution in [1.82, 2.24) is 0 Å². The molecule has 0 fully saturated rings. The topological polar surface area (TPSA) is 66.8 Å². The molecule has 0 saturated heterocycles. The number of benzene rings is 1. The molecule has 2 N–H and O–H groups in total. The summed E-state index contributed by atoms with van der Waals surface area (Å²) in [5.41, 5.74) is 0.931. The summed E-state index contributed by atoms with van der Waals surface area (Å²) in [7, 11) is 0. The smallest absolute Gasteiger partial charge is 0.157 e. The lowest BCUT2D eigenvalue weighted by molar-refractivity contribution is -0.111. The molecule has 0 heterocycles. The number of phenols is 2. The van der Waals surface area contributed by atoms with Gasteiger partial charge in [0.2, 0.25) is 0 Å². The largest absolute Gasteiger partial charge is 0.504 e. The van der Waals surface area contributed by atoms with Crippen LogP contribution in [0.3, 0.4) is 0 Å². The van der Waals surface area contributed by atoms with Gasteiger partial charge < -0.3 is 19.7 Å². The fraction of sp³-hybridized carbons (Fsp3) is 0.364. The highest BCUT2D eigenvalue weighted by Crippen LogP contribution is 2.25. The third kappa shape index (κ3) is 3.99. The lowest BCUT2D eigenvalue weighted by Gasteiger charge is -2.03. The molecule has 82 valence electrons. The Balaban J connectivity index is 2.31. The molecule has 0 aliphatic carbocycles. The van der Waals surface area contributed by atoms with Gasteiger partial charge in [0, 0.05) is 6.61 Å². The van der Waals surface area contributed by atoms with Crippen LogP contribution in [0.4, 0.5) is 0 Å². The van der Waals surface area contributed by atoms with Crippen LogP contribution in [0.1, 0.15) is 12.0 Å². The highest BCUT2D eigenvalue weighted by atomic mass is 16.5. The van der Waals surface area contributed by atoms with Crippen molar-refractivity contribution in [2.75, 3.05) is 13.2 Å². The van der Waals surface area contributed by atoms with Crippen molar-refractivity contribution >= 4 is 6.29 Å². The minimum atomic E-state index is -0.115. The van der Waals surface area contributed by atoms with Crippen molar-refractivity contribution in [2.24, 2.45) is 0 Å². The zero-order valence-electron chi connectivity index (χ0n) is 8.35. The van der Waals surface area contributed by atoms with E-state index in [1.54, 1.807) is 6.07 Å². The number of ether oxygens (including phenoxy) is 1. The number of aldehydes is 1. The fourth-order valence-corrected chi connectivity index (χ4v) is 1.23. The highest BCUT2D eigenvalue weighted by Gasteiger charge is 2.00. The number of phenolic OH excluding ortho intramolecular Hbond substituents is 2. The molecule has 4 heteroatoms. The maximum absolute atomic E-state index is 9.93. The molecule has 0 radical (unpaired) electrons. The van der Waals surface area contributed by atoms with E-state index in [0.29, 0.717) is 12.9 Å². The van der Waals surface area contributed by atoms with Crippen molar-refractivity contribution in [3.63, 3.8) is 0 Å². The van der Waals surface area contributed by atoms with Crippen LogP contribution in [0.5, 0.6) is 11.5 Å². The first-order chi connectivity index (χ1) is 7.24. The number of carbonyl (C=O) groups excluding carboxylic acids is 1. The summed E-state index contributed by atoms with van der Waals surface area (Å²) in [6.07, 6.45) is 2.23. The van der Waals surface area contributed by atoms with E-state index in [4.69, 9.17) is 9.84 Å². The predicted octanol–water partition coefficient (Wildman–Crippen LogP) is 1.25. The summed E-state index contributed by atoms with van der Waals surface area (Å²) in [6.45, 7) is 0.640. The van der Waals surface area contributed by atoms with Gasteiger partial charge in [-0.15, -0.1) is 0 Å². The Morgan fingerprint density at radius 2 is 2.07 bits per heavy atom. The fourth-order valence-electron chi connectivity index (χ4n) is 1.23. The Bertz CT molecular complexity index is 322. The molecule has 15 heavy (non-hydrogen) atoms. The van der Waals surface area contributed by atoms with Crippen LogP contribution < -0.4 is 0 Å². The first-order valence-corrected chi connectivity index (χ1v) is 4.76. The van der Waals surface area contributed by atoms with E-state index in [1.807, 2.05) is 0 Å². The SMILES string of the molecule is O=CCOCCCc1ccc(O)c(O)c1. The number of aromatic hydroxyl groups is 2. The van der Waals surface area contributed by atoms with E-state index in [-0.39, 0.29) is 18.1 Å². The Morgan fingerprint density at radius 1 is 1.27 bits per heavy atom. The normalized spacial score (nSPS) is 10.1. The molecule has 1 aromatic rings. The summed E-state index contributed by atoms with van der Waals surface area (Å²) < 4.78 is 4.98. The Hall–Kier alpha value is -1.55. The molecule has 1 rings (SSSR count). The summed E-state index contributed by atoms with van der Waals surface area (Å²) in [4.78, 5) is 9.93. The van der Waals surface area contributed by atoms with Crippen LogP contribution in [0.2, 0.25) is 0 Å². The predicted molar refractivity (Wildman–Crippen MR) is 55.0 cm³/mol. The number of aryl methyl sites for hydroxylation is 1. The summed E-state index contributed by atoms with van der Waals surface area (Å²) in [5.74, 6) is -0.225. The number of rotatable bonds is 6. The second kappa shape index (κ2) is 6.03. The number of hydrogen-bond donors (Lipinski definition) is 2. The highest BCUT2D eigenvalue weighted by molar-refractivity contribution is 5.50. The average molecular weight is 210 g/mol. The Labute approximate surface area is 88.1 Å². The van der Waals surface area contributed by atoms with Crippen molar-refractivity contribution in [1.29, 1.82) is 0 Å². The van der Waals surface area contributed by atoms with Crippen LogP contribution in [0.25, 0.3) is 0 Å². The number of carbonyl (C=O) groups is 1. The van der Waals surface area contributed by atoms with Crippen LogP contribution in [-0.2, 0) is 16.0 Å². The average Bonchev–Trinajstić information content (AvgIpc) is 2.23. The van der Waals surface area contributed by atoms with Gasteiger partial charge in [-0.1, -0.05) is 6.07 Å². The molecule has 0 spiro atoms. The van der Waals surface area contributed by atoms with Gasteiger partial charge in [0.15, 0.2) is 11.5 Å². The van der Waals surface area contributed by atoms with Crippen molar-refractivity contribution < 1.29 is 19.7 Å². The van der Waals surface area contributed by atoms with E-state index in [0.717, 1.165) is 18.4 Å². The van der Waals surface area contributed by atoms with Crippen LogP contribution in [0.15, 0.2) is 18.2 Å². The van der Waals surface area contributed by atoms with Gasteiger partial charge >= 0.3 is 0 Å². The first kappa shape index (κ1) is 11.5. The van der Waals surface area contributed by atoms with Crippen molar-refractivity contribution in [3.05, 3.63) is 23.8 Å². The molecule has 0 aromatic heterocycles. The van der Waals surface area contributed by atoms with Crippen LogP contribution in [-0.4, -0.2) is 29.7 Å². The van der Waals surface area contributed by atoms with Gasteiger partial charge in [0.05, 0.1) is 0 Å². The van der Waals surface area contributed by atoms with Gasteiger partial charge in [0.1, 0.15) is 12.9 Å². The zero-order valence-corrected chi connectivity index (χ0v) is 8.35. The number of hydrogen-bond acceptors (Lipinski definition) is 4. The molecule has 0 saturated carbocycles. The third-order valence-corrected chi connectivity index (χ3v) is 1.98. The molecule has 0 unspecified atom stereocenters. The lowest BCUT2D eigenvalue weighted by atomic mass is 10.1. The van der Waals surface area contributed by atoms with Crippen LogP contribution in [0, 0.1) is 0 Å². The standard InChI is InChI=1S/C11H14O4/c12-5-7-15-6-1-2-9-3-4-10(13)11(14)8-9/h3-5,8,13-14H,1-2,6-7H2. The summed E-state index contributed by atoms with van der Waals surface area (Å²) in [5, 5.41) is 18.3.